The molecule has 0 radical (unpaired) electrons. The summed E-state index contributed by atoms with van der Waals surface area (Å²) >= 11 is -2.00. The van der Waals surface area contributed by atoms with Gasteiger partial charge in [0.05, 0.1) is 11.1 Å². The predicted molar refractivity (Wildman–Crippen MR) is 90.2 cm³/mol. The molecule has 0 saturated carbocycles. The lowest BCUT2D eigenvalue weighted by atomic mass is 9.98. The first-order chi connectivity index (χ1) is 11.5. The highest BCUT2D eigenvalue weighted by molar-refractivity contribution is 7.77. The molecule has 1 saturated heterocycles. The van der Waals surface area contributed by atoms with Gasteiger partial charge in [-0.15, -0.1) is 0 Å². The van der Waals surface area contributed by atoms with Crippen molar-refractivity contribution >= 4 is 34.0 Å². The quantitative estimate of drug-likeness (QED) is 0.695. The number of aromatic carboxylic acids is 1. The summed E-state index contributed by atoms with van der Waals surface area (Å²) in [7, 11) is 0. The van der Waals surface area contributed by atoms with Gasteiger partial charge >= 0.3 is 5.97 Å². The second kappa shape index (κ2) is 7.20. The zero-order valence-corrected chi connectivity index (χ0v) is 13.7. The van der Waals surface area contributed by atoms with Gasteiger partial charge in [0.2, 0.25) is 11.3 Å². The molecule has 2 aromatic rings. The van der Waals surface area contributed by atoms with Crippen molar-refractivity contribution in [1.82, 2.24) is 14.7 Å². The summed E-state index contributed by atoms with van der Waals surface area (Å²) in [4.78, 5) is 21.8. The van der Waals surface area contributed by atoms with Gasteiger partial charge in [0, 0.05) is 25.0 Å². The zero-order valence-electron chi connectivity index (χ0n) is 12.9. The molecule has 3 rings (SSSR count). The Bertz CT molecular complexity index is 785. The first-order valence-electron chi connectivity index (χ1n) is 7.62. The number of hydrogen-bond acceptors (Lipinski definition) is 5. The number of rotatable bonds is 5. The van der Waals surface area contributed by atoms with Gasteiger partial charge in [-0.05, 0) is 37.0 Å². The molecule has 2 heterocycles. The standard InChI is InChI=1S/C15H18N4O4S/c20-15(21)11-3-4-12-13(6-11)16-9-17-14(12)19-5-1-2-10(8-19)7-18-24(22)23/h3-4,6,9-10,18H,1-2,5,7-8H2,(H,20,21)(H,22,23). The maximum absolute atomic E-state index is 11.1. The average Bonchev–Trinajstić information content (AvgIpc) is 2.59. The average molecular weight is 350 g/mol. The summed E-state index contributed by atoms with van der Waals surface area (Å²) in [6, 6.07) is 4.83. The number of carboxylic acid groups (broad SMARTS) is 1. The summed E-state index contributed by atoms with van der Waals surface area (Å²) in [5, 5.41) is 9.90. The Balaban J connectivity index is 1.85. The van der Waals surface area contributed by atoms with E-state index in [0.717, 1.165) is 37.1 Å². The molecule has 1 aliphatic heterocycles. The third kappa shape index (κ3) is 3.69. The number of fused-ring (bicyclic) bond motifs is 1. The molecule has 1 aromatic carbocycles. The minimum atomic E-state index is -2.00. The maximum atomic E-state index is 11.1. The Labute approximate surface area is 141 Å². The molecular weight excluding hydrogens is 332 g/mol. The molecule has 2 atom stereocenters. The van der Waals surface area contributed by atoms with E-state index in [2.05, 4.69) is 19.6 Å². The van der Waals surface area contributed by atoms with Gasteiger partial charge in [-0.3, -0.25) is 4.55 Å². The lowest BCUT2D eigenvalue weighted by Crippen LogP contribution is -2.40. The smallest absolute Gasteiger partial charge is 0.335 e. The minimum Gasteiger partial charge on any atom is -0.478 e. The molecule has 24 heavy (non-hydrogen) atoms. The van der Waals surface area contributed by atoms with Crippen LogP contribution in [0, 0.1) is 5.92 Å². The fraction of sp³-hybridized carbons (Fsp3) is 0.400. The number of anilines is 1. The van der Waals surface area contributed by atoms with Crippen molar-refractivity contribution in [3.05, 3.63) is 30.1 Å². The van der Waals surface area contributed by atoms with E-state index in [4.69, 9.17) is 9.66 Å². The molecule has 1 aromatic heterocycles. The summed E-state index contributed by atoms with van der Waals surface area (Å²) in [6.07, 6.45) is 3.38. The molecule has 0 bridgehead atoms. The second-order valence-corrected chi connectivity index (χ2v) is 6.57. The van der Waals surface area contributed by atoms with Crippen molar-refractivity contribution in [2.24, 2.45) is 5.92 Å². The first kappa shape index (κ1) is 16.7. The van der Waals surface area contributed by atoms with E-state index in [1.807, 2.05) is 0 Å². The predicted octanol–water partition coefficient (Wildman–Crippen LogP) is 1.27. The molecule has 1 aliphatic rings. The molecule has 2 unspecified atom stereocenters. The molecule has 9 heteroatoms. The van der Waals surface area contributed by atoms with E-state index in [0.29, 0.717) is 12.1 Å². The highest BCUT2D eigenvalue weighted by atomic mass is 32.2. The molecule has 0 amide bonds. The van der Waals surface area contributed by atoms with Crippen molar-refractivity contribution in [3.8, 4) is 0 Å². The van der Waals surface area contributed by atoms with Crippen molar-refractivity contribution in [2.75, 3.05) is 24.5 Å². The van der Waals surface area contributed by atoms with Gasteiger partial charge < -0.3 is 10.0 Å². The molecule has 1 fully saturated rings. The molecule has 3 N–H and O–H groups in total. The van der Waals surface area contributed by atoms with Crippen LogP contribution in [0.5, 0.6) is 0 Å². The van der Waals surface area contributed by atoms with Crippen LogP contribution in [0.15, 0.2) is 24.5 Å². The fourth-order valence-electron chi connectivity index (χ4n) is 3.04. The van der Waals surface area contributed by atoms with Crippen molar-refractivity contribution in [2.45, 2.75) is 12.8 Å². The van der Waals surface area contributed by atoms with Crippen LogP contribution in [0.4, 0.5) is 5.82 Å². The Morgan fingerprint density at radius 1 is 1.42 bits per heavy atom. The van der Waals surface area contributed by atoms with Crippen LogP contribution in [-0.4, -0.2) is 49.4 Å². The van der Waals surface area contributed by atoms with Crippen LogP contribution < -0.4 is 9.62 Å². The van der Waals surface area contributed by atoms with E-state index in [1.54, 1.807) is 18.2 Å². The van der Waals surface area contributed by atoms with Crippen LogP contribution in [0.1, 0.15) is 23.2 Å². The lowest BCUT2D eigenvalue weighted by molar-refractivity contribution is 0.0697. The topological polar surface area (TPSA) is 116 Å². The van der Waals surface area contributed by atoms with Crippen LogP contribution in [0.25, 0.3) is 10.9 Å². The summed E-state index contributed by atoms with van der Waals surface area (Å²) in [5.74, 6) is 0.0306. The third-order valence-corrected chi connectivity index (χ3v) is 4.59. The Kier molecular flexibility index (Phi) is 5.03. The summed E-state index contributed by atoms with van der Waals surface area (Å²) < 4.78 is 22.2. The number of nitrogens with zero attached hydrogens (tertiary/aromatic N) is 3. The molecule has 0 spiro atoms. The molecular formula is C15H18N4O4S. The summed E-state index contributed by atoms with van der Waals surface area (Å²) in [6.45, 7) is 2.02. The van der Waals surface area contributed by atoms with Gasteiger partial charge in [0.15, 0.2) is 0 Å². The highest BCUT2D eigenvalue weighted by Gasteiger charge is 2.23. The van der Waals surface area contributed by atoms with Crippen molar-refractivity contribution in [1.29, 1.82) is 0 Å². The molecule has 128 valence electrons. The Morgan fingerprint density at radius 3 is 3.00 bits per heavy atom. The monoisotopic (exact) mass is 350 g/mol. The zero-order chi connectivity index (χ0) is 17.1. The van der Waals surface area contributed by atoms with Crippen LogP contribution >= 0.6 is 0 Å². The van der Waals surface area contributed by atoms with E-state index in [-0.39, 0.29) is 11.5 Å². The molecule has 8 nitrogen and oxygen atoms in total. The van der Waals surface area contributed by atoms with Gasteiger partial charge in [-0.25, -0.2) is 23.7 Å². The highest BCUT2D eigenvalue weighted by Crippen LogP contribution is 2.27. The van der Waals surface area contributed by atoms with Gasteiger partial charge in [-0.1, -0.05) is 0 Å². The van der Waals surface area contributed by atoms with E-state index in [1.165, 1.54) is 6.33 Å². The van der Waals surface area contributed by atoms with E-state index >= 15 is 0 Å². The summed E-state index contributed by atoms with van der Waals surface area (Å²) in [5.41, 5.74) is 0.787. The number of aromatic nitrogens is 2. The SMILES string of the molecule is O=C(O)c1ccc2c(N3CCCC(CNS(=O)O)C3)ncnc2c1. The van der Waals surface area contributed by atoms with Gasteiger partial charge in [0.1, 0.15) is 12.1 Å². The second-order valence-electron chi connectivity index (χ2n) is 5.79. The van der Waals surface area contributed by atoms with Gasteiger partial charge in [0.25, 0.3) is 0 Å². The number of carboxylic acids is 1. The van der Waals surface area contributed by atoms with Crippen molar-refractivity contribution in [3.63, 3.8) is 0 Å². The Morgan fingerprint density at radius 2 is 2.25 bits per heavy atom. The lowest BCUT2D eigenvalue weighted by Gasteiger charge is -2.34. The number of nitrogens with one attached hydrogen (secondary N) is 1. The number of carbonyl (C=O) groups is 1. The van der Waals surface area contributed by atoms with Crippen LogP contribution in [0.3, 0.4) is 0 Å². The third-order valence-electron chi connectivity index (χ3n) is 4.18. The number of benzene rings is 1. The first-order valence-corrected chi connectivity index (χ1v) is 8.72. The normalized spacial score (nSPS) is 19.4. The van der Waals surface area contributed by atoms with Crippen LogP contribution in [-0.2, 0) is 11.3 Å². The Hall–Kier alpha value is -2.10. The largest absolute Gasteiger partial charge is 0.478 e. The van der Waals surface area contributed by atoms with Crippen LogP contribution in [0.2, 0.25) is 0 Å². The fourth-order valence-corrected chi connectivity index (χ4v) is 3.42. The minimum absolute atomic E-state index is 0.193. The van der Waals surface area contributed by atoms with Crippen molar-refractivity contribution < 1.29 is 18.7 Å². The number of piperidine rings is 1. The maximum Gasteiger partial charge on any atom is 0.335 e. The van der Waals surface area contributed by atoms with Gasteiger partial charge in [-0.2, -0.15) is 0 Å². The number of hydrogen-bond donors (Lipinski definition) is 3. The van der Waals surface area contributed by atoms with E-state index in [9.17, 15) is 9.00 Å². The van der Waals surface area contributed by atoms with E-state index < -0.39 is 17.2 Å². The molecule has 0 aliphatic carbocycles.